The number of H-pyrrole nitrogens is 1. The minimum absolute atomic E-state index is 0.702. The fourth-order valence-electron chi connectivity index (χ4n) is 3.43. The lowest BCUT2D eigenvalue weighted by atomic mass is 10.1. The van der Waals surface area contributed by atoms with E-state index in [2.05, 4.69) is 80.3 Å². The Hall–Kier alpha value is -3.60. The SMILES string of the molecule is CN=C(NCCc1c[nH]c2ccccc12)NCc1cccc(-c2ccccn2)c1. The van der Waals surface area contributed by atoms with Gasteiger partial charge in [0.05, 0.1) is 5.69 Å². The highest BCUT2D eigenvalue weighted by molar-refractivity contribution is 5.83. The van der Waals surface area contributed by atoms with Crippen LogP contribution >= 0.6 is 0 Å². The van der Waals surface area contributed by atoms with Crippen molar-refractivity contribution in [2.75, 3.05) is 13.6 Å². The molecule has 0 atom stereocenters. The maximum Gasteiger partial charge on any atom is 0.191 e. The Morgan fingerprint density at radius 1 is 1.00 bits per heavy atom. The van der Waals surface area contributed by atoms with E-state index in [1.165, 1.54) is 22.0 Å². The van der Waals surface area contributed by atoms with Gasteiger partial charge in [-0.2, -0.15) is 0 Å². The van der Waals surface area contributed by atoms with Crippen LogP contribution < -0.4 is 10.6 Å². The number of guanidine groups is 1. The Balaban J connectivity index is 1.32. The minimum atomic E-state index is 0.702. The number of pyridine rings is 1. The molecule has 0 saturated carbocycles. The van der Waals surface area contributed by atoms with Crippen LogP contribution in [0.3, 0.4) is 0 Å². The molecular formula is C24H25N5. The monoisotopic (exact) mass is 383 g/mol. The number of para-hydroxylation sites is 1. The summed E-state index contributed by atoms with van der Waals surface area (Å²) < 4.78 is 0. The molecule has 0 saturated heterocycles. The Morgan fingerprint density at radius 3 is 2.76 bits per heavy atom. The number of nitrogens with zero attached hydrogens (tertiary/aromatic N) is 2. The number of fused-ring (bicyclic) bond motifs is 1. The van der Waals surface area contributed by atoms with Gasteiger partial charge in [-0.15, -0.1) is 0 Å². The van der Waals surface area contributed by atoms with Crippen molar-refractivity contribution >= 4 is 16.9 Å². The zero-order valence-electron chi connectivity index (χ0n) is 16.5. The van der Waals surface area contributed by atoms with E-state index >= 15 is 0 Å². The van der Waals surface area contributed by atoms with E-state index in [-0.39, 0.29) is 0 Å². The summed E-state index contributed by atoms with van der Waals surface area (Å²) in [6.07, 6.45) is 4.84. The molecule has 0 unspecified atom stereocenters. The third kappa shape index (κ3) is 4.63. The van der Waals surface area contributed by atoms with Gasteiger partial charge in [-0.1, -0.05) is 42.5 Å². The van der Waals surface area contributed by atoms with Crippen molar-refractivity contribution in [3.8, 4) is 11.3 Å². The molecule has 0 radical (unpaired) electrons. The second-order valence-corrected chi connectivity index (χ2v) is 6.88. The van der Waals surface area contributed by atoms with Crippen molar-refractivity contribution in [3.63, 3.8) is 0 Å². The molecule has 4 aromatic rings. The summed E-state index contributed by atoms with van der Waals surface area (Å²) >= 11 is 0. The second kappa shape index (κ2) is 9.06. The van der Waals surface area contributed by atoms with E-state index < -0.39 is 0 Å². The van der Waals surface area contributed by atoms with Crippen LogP contribution in [0.4, 0.5) is 0 Å². The molecule has 0 aliphatic heterocycles. The lowest BCUT2D eigenvalue weighted by molar-refractivity contribution is 0.796. The Bertz CT molecular complexity index is 1100. The van der Waals surface area contributed by atoms with Gasteiger partial charge in [0.1, 0.15) is 0 Å². The number of aromatic amines is 1. The van der Waals surface area contributed by atoms with Crippen molar-refractivity contribution in [2.45, 2.75) is 13.0 Å². The molecule has 2 aromatic carbocycles. The molecule has 4 rings (SSSR count). The van der Waals surface area contributed by atoms with Gasteiger partial charge >= 0.3 is 0 Å². The Kier molecular flexibility index (Phi) is 5.86. The number of aliphatic imine (C=N–C) groups is 1. The summed E-state index contributed by atoms with van der Waals surface area (Å²) in [6.45, 7) is 1.52. The molecule has 2 aromatic heterocycles. The third-order valence-electron chi connectivity index (χ3n) is 4.93. The van der Waals surface area contributed by atoms with E-state index in [0.29, 0.717) is 6.54 Å². The van der Waals surface area contributed by atoms with Crippen molar-refractivity contribution in [3.05, 3.63) is 90.3 Å². The number of hydrogen-bond acceptors (Lipinski definition) is 2. The van der Waals surface area contributed by atoms with Crippen molar-refractivity contribution in [1.29, 1.82) is 0 Å². The van der Waals surface area contributed by atoms with E-state index in [1.54, 1.807) is 7.05 Å². The lowest BCUT2D eigenvalue weighted by Crippen LogP contribution is -2.37. The van der Waals surface area contributed by atoms with Crippen LogP contribution in [0, 0.1) is 0 Å². The molecule has 5 nitrogen and oxygen atoms in total. The van der Waals surface area contributed by atoms with Gasteiger partial charge in [0.15, 0.2) is 5.96 Å². The second-order valence-electron chi connectivity index (χ2n) is 6.88. The number of nitrogens with one attached hydrogen (secondary N) is 3. The zero-order chi connectivity index (χ0) is 19.9. The number of benzene rings is 2. The van der Waals surface area contributed by atoms with Crippen LogP contribution in [0.1, 0.15) is 11.1 Å². The van der Waals surface area contributed by atoms with Gasteiger partial charge in [-0.3, -0.25) is 9.98 Å². The molecule has 0 fully saturated rings. The Morgan fingerprint density at radius 2 is 1.90 bits per heavy atom. The highest BCUT2D eigenvalue weighted by Crippen LogP contribution is 2.18. The van der Waals surface area contributed by atoms with Crippen LogP contribution in [-0.4, -0.2) is 29.5 Å². The van der Waals surface area contributed by atoms with Crippen LogP contribution in [0.2, 0.25) is 0 Å². The molecule has 3 N–H and O–H groups in total. The summed E-state index contributed by atoms with van der Waals surface area (Å²) in [5, 5.41) is 8.08. The van der Waals surface area contributed by atoms with Gasteiger partial charge in [0.25, 0.3) is 0 Å². The predicted octanol–water partition coefficient (Wildman–Crippen LogP) is 4.14. The average molecular weight is 383 g/mol. The molecular weight excluding hydrogens is 358 g/mol. The summed E-state index contributed by atoms with van der Waals surface area (Å²) in [6, 6.07) is 22.8. The molecule has 0 aliphatic rings. The highest BCUT2D eigenvalue weighted by atomic mass is 15.2. The summed E-state index contributed by atoms with van der Waals surface area (Å²) in [5.74, 6) is 0.799. The molecule has 5 heteroatoms. The van der Waals surface area contributed by atoms with Crippen LogP contribution in [0.15, 0.2) is 84.1 Å². The number of aromatic nitrogens is 2. The first-order chi connectivity index (χ1) is 14.3. The third-order valence-corrected chi connectivity index (χ3v) is 4.93. The highest BCUT2D eigenvalue weighted by Gasteiger charge is 2.04. The van der Waals surface area contributed by atoms with E-state index in [9.17, 15) is 0 Å². The van der Waals surface area contributed by atoms with E-state index in [4.69, 9.17) is 0 Å². The molecule has 29 heavy (non-hydrogen) atoms. The van der Waals surface area contributed by atoms with Crippen molar-refractivity contribution < 1.29 is 0 Å². The number of hydrogen-bond donors (Lipinski definition) is 3. The zero-order valence-corrected chi connectivity index (χ0v) is 16.5. The Labute approximate surface area is 170 Å². The average Bonchev–Trinajstić information content (AvgIpc) is 3.20. The van der Waals surface area contributed by atoms with E-state index in [1.807, 2.05) is 24.4 Å². The molecule has 0 bridgehead atoms. The van der Waals surface area contributed by atoms with E-state index in [0.717, 1.165) is 30.2 Å². The fraction of sp³-hybridized carbons (Fsp3) is 0.167. The first-order valence-electron chi connectivity index (χ1n) is 9.83. The van der Waals surface area contributed by atoms with Crippen LogP contribution in [0.25, 0.3) is 22.2 Å². The molecule has 0 aliphatic carbocycles. The smallest absolute Gasteiger partial charge is 0.191 e. The summed E-state index contributed by atoms with van der Waals surface area (Å²) in [4.78, 5) is 12.1. The van der Waals surface area contributed by atoms with Gasteiger partial charge in [0, 0.05) is 49.0 Å². The topological polar surface area (TPSA) is 65.1 Å². The molecule has 0 amide bonds. The maximum atomic E-state index is 4.43. The lowest BCUT2D eigenvalue weighted by Gasteiger charge is -2.12. The molecule has 2 heterocycles. The van der Waals surface area contributed by atoms with Crippen LogP contribution in [0.5, 0.6) is 0 Å². The summed E-state index contributed by atoms with van der Waals surface area (Å²) in [7, 11) is 1.80. The first-order valence-corrected chi connectivity index (χ1v) is 9.83. The van der Waals surface area contributed by atoms with Crippen LogP contribution in [-0.2, 0) is 13.0 Å². The molecule has 146 valence electrons. The summed E-state index contributed by atoms with van der Waals surface area (Å²) in [5.41, 5.74) is 5.78. The fourth-order valence-corrected chi connectivity index (χ4v) is 3.43. The predicted molar refractivity (Wildman–Crippen MR) is 120 cm³/mol. The molecule has 0 spiro atoms. The largest absolute Gasteiger partial charge is 0.361 e. The standard InChI is InChI=1S/C24H25N5/c1-25-24(27-14-12-20-17-28-23-11-3-2-9-21(20)23)29-16-18-7-6-8-19(15-18)22-10-4-5-13-26-22/h2-11,13,15,17,28H,12,14,16H2,1H3,(H2,25,27,29). The van der Waals surface area contributed by atoms with Gasteiger partial charge in [-0.05, 0) is 41.8 Å². The first kappa shape index (κ1) is 18.7. The quantitative estimate of drug-likeness (QED) is 0.346. The van der Waals surface area contributed by atoms with Crippen molar-refractivity contribution in [2.24, 2.45) is 4.99 Å². The normalized spacial score (nSPS) is 11.6. The number of rotatable bonds is 6. The van der Waals surface area contributed by atoms with Gasteiger partial charge in [0.2, 0.25) is 0 Å². The minimum Gasteiger partial charge on any atom is -0.361 e. The van der Waals surface area contributed by atoms with Gasteiger partial charge in [-0.25, -0.2) is 0 Å². The maximum absolute atomic E-state index is 4.43. The van der Waals surface area contributed by atoms with Crippen molar-refractivity contribution in [1.82, 2.24) is 20.6 Å². The van der Waals surface area contributed by atoms with Gasteiger partial charge < -0.3 is 15.6 Å².